The Morgan fingerprint density at radius 2 is 0.707 bits per heavy atom. The van der Waals surface area contributed by atoms with Crippen molar-refractivity contribution in [1.82, 2.24) is 43.0 Å². The third kappa shape index (κ3) is 8.49. The number of anilines is 3. The van der Waals surface area contributed by atoms with Gasteiger partial charge in [0.1, 0.15) is 22.7 Å². The summed E-state index contributed by atoms with van der Waals surface area (Å²) in [5.41, 5.74) is 24.0. The molecule has 0 spiro atoms. The van der Waals surface area contributed by atoms with Crippen LogP contribution in [0.1, 0.15) is 25.0 Å². The summed E-state index contributed by atoms with van der Waals surface area (Å²) in [5, 5.41) is 0. The van der Waals surface area contributed by atoms with Gasteiger partial charge < -0.3 is 13.7 Å². The Morgan fingerprint density at radius 3 is 1.22 bits per heavy atom. The van der Waals surface area contributed by atoms with Crippen LogP contribution >= 0.6 is 0 Å². The monoisotopic (exact) mass is 1190 g/mol. The van der Waals surface area contributed by atoms with Crippen molar-refractivity contribution in [3.8, 4) is 62.7 Å². The summed E-state index contributed by atoms with van der Waals surface area (Å²) in [6.45, 7) is 4.61. The van der Waals surface area contributed by atoms with Gasteiger partial charge in [-0.3, -0.25) is 18.1 Å². The number of benzene rings is 12. The Balaban J connectivity index is 0.000000136. The van der Waals surface area contributed by atoms with Gasteiger partial charge in [0, 0.05) is 62.6 Å². The third-order valence-electron chi connectivity index (χ3n) is 17.9. The molecule has 0 saturated carbocycles. The zero-order valence-electron chi connectivity index (χ0n) is 50.0. The second kappa shape index (κ2) is 20.9. The van der Waals surface area contributed by atoms with Crippen molar-refractivity contribution >= 4 is 89.2 Å². The highest BCUT2D eigenvalue weighted by Crippen LogP contribution is 2.52. The molecular weight excluding hydrogens is 1130 g/mol. The molecule has 0 unspecified atom stereocenters. The van der Waals surface area contributed by atoms with Crippen LogP contribution in [-0.2, 0) is 5.41 Å². The average Bonchev–Trinajstić information content (AvgIpc) is 0.929. The summed E-state index contributed by atoms with van der Waals surface area (Å²) in [7, 11) is 0. The van der Waals surface area contributed by atoms with E-state index in [1.165, 1.54) is 22.5 Å². The zero-order chi connectivity index (χ0) is 61.0. The second-order valence-electron chi connectivity index (χ2n) is 23.7. The average molecular weight is 1190 g/mol. The first kappa shape index (κ1) is 52.7. The highest BCUT2D eigenvalue weighted by molar-refractivity contribution is 5.97. The Kier molecular flexibility index (Phi) is 11.9. The maximum atomic E-state index is 6.37. The molecular formula is C80H54N10O2. The predicted molar refractivity (Wildman–Crippen MR) is 369 cm³/mol. The lowest BCUT2D eigenvalue weighted by molar-refractivity contribution is 0.619. The van der Waals surface area contributed by atoms with Crippen molar-refractivity contribution in [2.24, 2.45) is 0 Å². The highest BCUT2D eigenvalue weighted by atomic mass is 16.4. The van der Waals surface area contributed by atoms with E-state index in [-0.39, 0.29) is 5.41 Å². The van der Waals surface area contributed by atoms with E-state index in [2.05, 4.69) is 237 Å². The summed E-state index contributed by atoms with van der Waals surface area (Å²) in [4.78, 5) is 27.4. The third-order valence-corrected chi connectivity index (χ3v) is 17.9. The van der Waals surface area contributed by atoms with Gasteiger partial charge in [-0.15, -0.1) is 0 Å². The van der Waals surface area contributed by atoms with E-state index in [1.54, 1.807) is 0 Å². The molecule has 0 atom stereocenters. The van der Waals surface area contributed by atoms with Crippen molar-refractivity contribution in [2.45, 2.75) is 19.3 Å². The first-order valence-electron chi connectivity index (χ1n) is 30.8. The van der Waals surface area contributed by atoms with Gasteiger partial charge in [-0.2, -0.15) is 0 Å². The topological polar surface area (TPSA) is 113 Å². The fourth-order valence-electron chi connectivity index (χ4n) is 13.5. The lowest BCUT2D eigenvalue weighted by Crippen LogP contribution is -2.30. The molecule has 0 fully saturated rings. The van der Waals surface area contributed by atoms with Crippen LogP contribution in [0.4, 0.5) is 17.1 Å². The van der Waals surface area contributed by atoms with Gasteiger partial charge >= 0.3 is 0 Å². The molecule has 1 aliphatic heterocycles. The van der Waals surface area contributed by atoms with Crippen LogP contribution in [0.3, 0.4) is 0 Å². The number of aromatic nitrogens is 9. The molecule has 12 aromatic carbocycles. The van der Waals surface area contributed by atoms with E-state index in [9.17, 15) is 0 Å². The molecule has 0 aliphatic carbocycles. The molecule has 7 heterocycles. The molecule has 0 N–H and O–H groups in total. The van der Waals surface area contributed by atoms with Crippen LogP contribution in [0.25, 0.3) is 135 Å². The van der Waals surface area contributed by atoms with E-state index in [1.807, 2.05) is 91.0 Å². The predicted octanol–water partition coefficient (Wildman–Crippen LogP) is 19.9. The summed E-state index contributed by atoms with van der Waals surface area (Å²) < 4.78 is 21.5. The van der Waals surface area contributed by atoms with Gasteiger partial charge in [-0.25, -0.2) is 24.9 Å². The van der Waals surface area contributed by atoms with Gasteiger partial charge in [0.25, 0.3) is 0 Å². The Bertz CT molecular complexity index is 5790. The summed E-state index contributed by atoms with van der Waals surface area (Å²) >= 11 is 0. The van der Waals surface area contributed by atoms with Crippen LogP contribution in [0.15, 0.2) is 300 Å². The molecule has 0 amide bonds. The zero-order valence-corrected chi connectivity index (χ0v) is 50.0. The van der Waals surface area contributed by atoms with Gasteiger partial charge in [0.15, 0.2) is 11.2 Å². The van der Waals surface area contributed by atoms with Gasteiger partial charge in [-0.1, -0.05) is 172 Å². The smallest absolute Gasteiger partial charge is 0.227 e. The quantitative estimate of drug-likeness (QED) is 0.148. The van der Waals surface area contributed by atoms with Crippen LogP contribution in [0.5, 0.6) is 0 Å². The second-order valence-corrected chi connectivity index (χ2v) is 23.7. The number of imidazole rings is 4. The number of para-hydroxylation sites is 8. The molecule has 92 heavy (non-hydrogen) atoms. The normalized spacial score (nSPS) is 12.7. The van der Waals surface area contributed by atoms with Crippen molar-refractivity contribution in [3.05, 3.63) is 302 Å². The molecule has 12 heteroatoms. The maximum Gasteiger partial charge on any atom is 0.227 e. The van der Waals surface area contributed by atoms with Crippen molar-refractivity contribution in [3.63, 3.8) is 0 Å². The molecule has 0 saturated heterocycles. The number of fused-ring (bicyclic) bond motifs is 11. The lowest BCUT2D eigenvalue weighted by Gasteiger charge is -2.42. The molecule has 0 radical (unpaired) electrons. The van der Waals surface area contributed by atoms with Crippen molar-refractivity contribution in [2.75, 3.05) is 4.90 Å². The van der Waals surface area contributed by atoms with Gasteiger partial charge in [0.05, 0.1) is 55.5 Å². The van der Waals surface area contributed by atoms with Crippen LogP contribution in [-0.4, -0.2) is 43.0 Å². The Morgan fingerprint density at radius 1 is 0.293 bits per heavy atom. The summed E-state index contributed by atoms with van der Waals surface area (Å²) in [6, 6.07) is 100. The van der Waals surface area contributed by atoms with E-state index in [0.717, 1.165) is 118 Å². The molecule has 18 aromatic rings. The largest absolute Gasteiger partial charge is 0.436 e. The Labute approximate surface area is 527 Å². The minimum atomic E-state index is -0.0932. The Hall–Kier alpha value is -12.4. The highest BCUT2D eigenvalue weighted by Gasteiger charge is 2.36. The summed E-state index contributed by atoms with van der Waals surface area (Å²) in [5.74, 6) is 3.80. The van der Waals surface area contributed by atoms with Gasteiger partial charge in [-0.05, 0) is 132 Å². The molecule has 436 valence electrons. The summed E-state index contributed by atoms with van der Waals surface area (Å²) in [6.07, 6.45) is 0. The minimum Gasteiger partial charge on any atom is -0.436 e. The fraction of sp³-hybridized carbons (Fsp3) is 0.0375. The first-order valence-corrected chi connectivity index (χ1v) is 30.8. The maximum absolute atomic E-state index is 6.37. The lowest BCUT2D eigenvalue weighted by atomic mass is 9.73. The molecule has 19 rings (SSSR count). The van der Waals surface area contributed by atoms with Crippen LogP contribution in [0, 0.1) is 0 Å². The number of nitrogens with zero attached hydrogens (tertiary/aromatic N) is 10. The standard InChI is InChI=1S/C41H30N4O.C39H24N6O/c1-41(2)31-17-9-11-19-35(31)44(36-20-12-10-18-32(36)41)30-23-21-28(22-24-30)40-43-34-25-37-33(26-38(34)46-40)42-39(27-13-5-3-6-14-27)45(37)29-15-7-4-8-16-29;1-3-11-25(12-4-1)37-40-30-24-36-31(23-35(30)43(37)27-13-5-2-6-14-27)41-38(46-36)26-19-21-28(22-20-26)44-33-17-9-10-18-34(33)45-32-16-8-7-15-29(32)42-39(44)45/h3-26H,1-2H3;1-24H. The van der Waals surface area contributed by atoms with E-state index in [0.29, 0.717) is 22.9 Å². The van der Waals surface area contributed by atoms with Crippen LogP contribution in [0.2, 0.25) is 0 Å². The minimum absolute atomic E-state index is 0.0932. The fourth-order valence-corrected chi connectivity index (χ4v) is 13.5. The van der Waals surface area contributed by atoms with E-state index < -0.39 is 0 Å². The molecule has 1 aliphatic rings. The first-order chi connectivity index (χ1) is 45.4. The molecule has 6 aromatic heterocycles. The molecule has 12 nitrogen and oxygen atoms in total. The molecule has 0 bridgehead atoms. The number of oxazole rings is 2. The van der Waals surface area contributed by atoms with E-state index >= 15 is 0 Å². The van der Waals surface area contributed by atoms with Gasteiger partial charge in [0.2, 0.25) is 17.6 Å². The number of rotatable bonds is 8. The number of hydrogen-bond acceptors (Lipinski definition) is 8. The van der Waals surface area contributed by atoms with E-state index in [4.69, 9.17) is 33.8 Å². The SMILES string of the molecule is CC1(C)c2ccccc2N(c2ccc(-c3nc4cc5c(cc4o3)nc(-c3ccccc3)n5-c3ccccc3)cc2)c2ccccc21.c1ccc(-c2nc3cc4oc(-c5ccc(-n6c7ccccc7n7c8ccccc8nc67)cc5)nc4cc3n2-c2ccccc2)cc1. The van der Waals surface area contributed by atoms with Crippen LogP contribution < -0.4 is 4.90 Å². The number of hydrogen-bond donors (Lipinski definition) is 0. The van der Waals surface area contributed by atoms with Crippen molar-refractivity contribution in [1.29, 1.82) is 0 Å². The van der Waals surface area contributed by atoms with Crippen molar-refractivity contribution < 1.29 is 8.83 Å².